The zero-order chi connectivity index (χ0) is 20.3. The quantitative estimate of drug-likeness (QED) is 0.462. The summed E-state index contributed by atoms with van der Waals surface area (Å²) in [4.78, 5) is 23.8. The topological polar surface area (TPSA) is 68.5 Å². The molecule has 0 bridgehead atoms. The van der Waals surface area contributed by atoms with Gasteiger partial charge in [0.1, 0.15) is 11.3 Å². The molecule has 0 fully saturated rings. The second-order valence-corrected chi connectivity index (χ2v) is 6.65. The summed E-state index contributed by atoms with van der Waals surface area (Å²) in [5.74, 6) is 0.415. The van der Waals surface area contributed by atoms with Gasteiger partial charge in [0.2, 0.25) is 5.91 Å². The number of carbonyl (C=O) groups is 2. The number of hydrogen-bond donors (Lipinski definition) is 1. The maximum Gasteiger partial charge on any atom is 0.248 e. The molecule has 5 heteroatoms. The number of fused-ring (bicyclic) bond motifs is 1. The van der Waals surface area contributed by atoms with Gasteiger partial charge in [-0.2, -0.15) is 0 Å². The summed E-state index contributed by atoms with van der Waals surface area (Å²) in [7, 11) is 0. The highest BCUT2D eigenvalue weighted by Crippen LogP contribution is 2.33. The molecule has 0 aliphatic carbocycles. The number of nitrogens with one attached hydrogen (secondary N) is 1. The van der Waals surface area contributed by atoms with E-state index in [-0.39, 0.29) is 11.7 Å². The summed E-state index contributed by atoms with van der Waals surface area (Å²) in [5.41, 5.74) is 4.65. The number of allylic oxidation sites excluding steroid dienone is 1. The number of ketones is 1. The molecule has 1 heterocycles. The first-order valence-corrected chi connectivity index (χ1v) is 9.14. The molecule has 0 unspecified atom stereocenters. The zero-order valence-electron chi connectivity index (χ0n) is 16.5. The zero-order valence-corrected chi connectivity index (χ0v) is 16.5. The lowest BCUT2D eigenvalue weighted by Gasteiger charge is -2.11. The van der Waals surface area contributed by atoms with E-state index in [1.165, 1.54) is 13.0 Å². The van der Waals surface area contributed by atoms with Crippen molar-refractivity contribution in [3.8, 4) is 5.75 Å². The summed E-state index contributed by atoms with van der Waals surface area (Å²) in [6.45, 7) is 7.79. The van der Waals surface area contributed by atoms with Crippen LogP contribution < -0.4 is 10.1 Å². The van der Waals surface area contributed by atoms with Crippen LogP contribution in [-0.4, -0.2) is 18.3 Å². The lowest BCUT2D eigenvalue weighted by molar-refractivity contribution is -0.111. The predicted molar refractivity (Wildman–Crippen MR) is 111 cm³/mol. The highest BCUT2D eigenvalue weighted by atomic mass is 16.5. The fraction of sp³-hybridized carbons (Fsp3) is 0.217. The Hall–Kier alpha value is -3.34. The highest BCUT2D eigenvalue weighted by molar-refractivity contribution is 6.05. The molecule has 144 valence electrons. The highest BCUT2D eigenvalue weighted by Gasteiger charge is 2.13. The van der Waals surface area contributed by atoms with Crippen LogP contribution in [0.25, 0.3) is 16.5 Å². The van der Waals surface area contributed by atoms with Gasteiger partial charge in [-0.1, -0.05) is 0 Å². The van der Waals surface area contributed by atoms with Gasteiger partial charge in [0, 0.05) is 34.3 Å². The summed E-state index contributed by atoms with van der Waals surface area (Å²) < 4.78 is 11.3. The van der Waals surface area contributed by atoms with Crippen LogP contribution in [0.5, 0.6) is 5.75 Å². The normalized spacial score (nSPS) is 11.5. The monoisotopic (exact) mass is 377 g/mol. The molecule has 0 atom stereocenters. The third-order valence-electron chi connectivity index (χ3n) is 4.50. The fourth-order valence-corrected chi connectivity index (χ4v) is 3.01. The van der Waals surface area contributed by atoms with Crippen LogP contribution in [0.3, 0.4) is 0 Å². The summed E-state index contributed by atoms with van der Waals surface area (Å²) >= 11 is 0. The molecule has 5 nitrogen and oxygen atoms in total. The van der Waals surface area contributed by atoms with Crippen molar-refractivity contribution >= 4 is 33.9 Å². The molecule has 3 aromatic rings. The maximum absolute atomic E-state index is 12.5. The SMILES string of the molecule is CCOc1cc2occ(C)c2cc1/C(C)=C/C(=O)Nc1ccc(C(C)=O)cc1. The van der Waals surface area contributed by atoms with Gasteiger partial charge in [0.05, 0.1) is 12.9 Å². The molecule has 0 saturated heterocycles. The van der Waals surface area contributed by atoms with Crippen LogP contribution >= 0.6 is 0 Å². The number of Topliss-reactive ketones (excluding diaryl/α,β-unsaturated/α-hetero) is 1. The average molecular weight is 377 g/mol. The Morgan fingerprint density at radius 1 is 1.14 bits per heavy atom. The standard InChI is InChI=1S/C23H23NO4/c1-5-27-21-12-22-20(15(3)13-28-22)11-19(21)14(2)10-23(26)24-18-8-6-17(7-9-18)16(4)25/h6-13H,5H2,1-4H3,(H,24,26)/b14-10+. The Bertz CT molecular complexity index is 1060. The van der Waals surface area contributed by atoms with Crippen LogP contribution in [-0.2, 0) is 4.79 Å². The molecule has 0 radical (unpaired) electrons. The second kappa shape index (κ2) is 8.13. The molecular formula is C23H23NO4. The van der Waals surface area contributed by atoms with E-state index in [9.17, 15) is 9.59 Å². The van der Waals surface area contributed by atoms with Crippen molar-refractivity contribution in [3.05, 3.63) is 65.4 Å². The number of carbonyl (C=O) groups excluding carboxylic acids is 2. The molecule has 3 rings (SSSR count). The van der Waals surface area contributed by atoms with E-state index in [2.05, 4.69) is 5.32 Å². The van der Waals surface area contributed by atoms with Crippen molar-refractivity contribution in [1.82, 2.24) is 0 Å². The molecular weight excluding hydrogens is 354 g/mol. The lowest BCUT2D eigenvalue weighted by atomic mass is 10.0. The van der Waals surface area contributed by atoms with Crippen molar-refractivity contribution in [2.24, 2.45) is 0 Å². The first-order chi connectivity index (χ1) is 13.4. The Kier molecular flexibility index (Phi) is 5.64. The average Bonchev–Trinajstić information content (AvgIpc) is 3.01. The molecule has 0 aliphatic heterocycles. The Labute approximate surface area is 164 Å². The van der Waals surface area contributed by atoms with Crippen molar-refractivity contribution < 1.29 is 18.7 Å². The van der Waals surface area contributed by atoms with E-state index in [4.69, 9.17) is 9.15 Å². The number of benzene rings is 2. The Morgan fingerprint density at radius 3 is 2.50 bits per heavy atom. The van der Waals surface area contributed by atoms with Crippen molar-refractivity contribution in [1.29, 1.82) is 0 Å². The predicted octanol–water partition coefficient (Wildman–Crippen LogP) is 5.38. The second-order valence-electron chi connectivity index (χ2n) is 6.65. The van der Waals surface area contributed by atoms with Gasteiger partial charge in [-0.15, -0.1) is 0 Å². The van der Waals surface area contributed by atoms with Gasteiger partial charge in [-0.3, -0.25) is 9.59 Å². The number of furan rings is 1. The first-order valence-electron chi connectivity index (χ1n) is 9.14. The number of aryl methyl sites for hydroxylation is 1. The van der Waals surface area contributed by atoms with Crippen LogP contribution in [0.15, 0.2) is 53.2 Å². The van der Waals surface area contributed by atoms with E-state index in [1.54, 1.807) is 30.5 Å². The van der Waals surface area contributed by atoms with Gasteiger partial charge >= 0.3 is 0 Å². The Balaban J connectivity index is 1.87. The van der Waals surface area contributed by atoms with Gasteiger partial charge < -0.3 is 14.5 Å². The number of hydrogen-bond acceptors (Lipinski definition) is 4. The van der Waals surface area contributed by atoms with E-state index in [1.807, 2.05) is 32.9 Å². The largest absolute Gasteiger partial charge is 0.493 e. The van der Waals surface area contributed by atoms with Crippen LogP contribution in [0.2, 0.25) is 0 Å². The van der Waals surface area contributed by atoms with Crippen molar-refractivity contribution in [2.45, 2.75) is 27.7 Å². The molecule has 28 heavy (non-hydrogen) atoms. The maximum atomic E-state index is 12.5. The molecule has 1 aromatic heterocycles. The number of anilines is 1. The minimum atomic E-state index is -0.250. The molecule has 0 spiro atoms. The van der Waals surface area contributed by atoms with Gasteiger partial charge in [0.15, 0.2) is 5.78 Å². The lowest BCUT2D eigenvalue weighted by Crippen LogP contribution is -2.09. The summed E-state index contributed by atoms with van der Waals surface area (Å²) in [5, 5.41) is 3.81. The molecule has 1 N–H and O–H groups in total. The van der Waals surface area contributed by atoms with Crippen LogP contribution in [0.1, 0.15) is 42.3 Å². The molecule has 1 amide bonds. The van der Waals surface area contributed by atoms with Crippen LogP contribution in [0.4, 0.5) is 5.69 Å². The summed E-state index contributed by atoms with van der Waals surface area (Å²) in [6.07, 6.45) is 3.25. The third-order valence-corrected chi connectivity index (χ3v) is 4.50. The minimum absolute atomic E-state index is 0.0120. The molecule has 0 aliphatic rings. The van der Waals surface area contributed by atoms with Crippen molar-refractivity contribution in [3.63, 3.8) is 0 Å². The smallest absolute Gasteiger partial charge is 0.248 e. The number of amides is 1. The van der Waals surface area contributed by atoms with Crippen molar-refractivity contribution in [2.75, 3.05) is 11.9 Å². The number of ether oxygens (including phenoxy) is 1. The van der Waals surface area contributed by atoms with Crippen LogP contribution in [0, 0.1) is 6.92 Å². The molecule has 2 aromatic carbocycles. The van der Waals surface area contributed by atoms with E-state index in [0.717, 1.165) is 27.7 Å². The third kappa shape index (κ3) is 4.14. The van der Waals surface area contributed by atoms with E-state index < -0.39 is 0 Å². The van der Waals surface area contributed by atoms with E-state index in [0.29, 0.717) is 23.6 Å². The minimum Gasteiger partial charge on any atom is -0.493 e. The van der Waals surface area contributed by atoms with Gasteiger partial charge in [-0.25, -0.2) is 0 Å². The summed E-state index contributed by atoms with van der Waals surface area (Å²) in [6, 6.07) is 10.7. The van der Waals surface area contributed by atoms with Gasteiger partial charge in [-0.05, 0) is 69.2 Å². The molecule has 0 saturated carbocycles. The van der Waals surface area contributed by atoms with E-state index >= 15 is 0 Å². The first kappa shape index (κ1) is 19.4. The Morgan fingerprint density at radius 2 is 1.86 bits per heavy atom. The number of rotatable bonds is 6. The van der Waals surface area contributed by atoms with Gasteiger partial charge in [0.25, 0.3) is 0 Å². The fourth-order valence-electron chi connectivity index (χ4n) is 3.01.